The lowest BCUT2D eigenvalue weighted by atomic mass is 9.90. The summed E-state index contributed by atoms with van der Waals surface area (Å²) in [4.78, 5) is 2.32. The van der Waals surface area contributed by atoms with Crippen LogP contribution in [0.1, 0.15) is 24.3 Å². The van der Waals surface area contributed by atoms with Crippen LogP contribution < -0.4 is 14.4 Å². The van der Waals surface area contributed by atoms with Crippen molar-refractivity contribution in [3.05, 3.63) is 53.2 Å². The van der Waals surface area contributed by atoms with Crippen molar-refractivity contribution in [2.24, 2.45) is 0 Å². The molecule has 140 valence electrons. The summed E-state index contributed by atoms with van der Waals surface area (Å²) in [6.07, 6.45) is 4.04. The average Bonchev–Trinajstić information content (AvgIpc) is 2.72. The van der Waals surface area contributed by atoms with E-state index in [4.69, 9.17) is 21.1 Å². The van der Waals surface area contributed by atoms with Crippen molar-refractivity contribution in [3.63, 3.8) is 0 Å². The SMILES string of the molecule is COc1cc2cnnc(N3CCCC(c4ccc(Cl)cc4)C3)c2cc1OC. The Morgan fingerprint density at radius 2 is 1.81 bits per heavy atom. The van der Waals surface area contributed by atoms with Crippen LogP contribution in [0.2, 0.25) is 5.02 Å². The summed E-state index contributed by atoms with van der Waals surface area (Å²) < 4.78 is 10.9. The number of ether oxygens (including phenoxy) is 2. The minimum Gasteiger partial charge on any atom is -0.493 e. The van der Waals surface area contributed by atoms with E-state index in [0.717, 1.165) is 47.5 Å². The van der Waals surface area contributed by atoms with Crippen molar-refractivity contribution in [1.29, 1.82) is 0 Å². The highest BCUT2D eigenvalue weighted by molar-refractivity contribution is 6.30. The van der Waals surface area contributed by atoms with Gasteiger partial charge in [-0.25, -0.2) is 0 Å². The number of nitrogens with zero attached hydrogens (tertiary/aromatic N) is 3. The molecule has 1 unspecified atom stereocenters. The van der Waals surface area contributed by atoms with Crippen molar-refractivity contribution in [1.82, 2.24) is 10.2 Å². The molecule has 1 aromatic heterocycles. The van der Waals surface area contributed by atoms with Crippen LogP contribution >= 0.6 is 11.6 Å². The fourth-order valence-electron chi connectivity index (χ4n) is 3.80. The van der Waals surface area contributed by atoms with E-state index in [2.05, 4.69) is 27.2 Å². The highest BCUT2D eigenvalue weighted by Gasteiger charge is 2.24. The van der Waals surface area contributed by atoms with Gasteiger partial charge in [-0.15, -0.1) is 5.10 Å². The maximum Gasteiger partial charge on any atom is 0.161 e. The molecule has 5 nitrogen and oxygen atoms in total. The summed E-state index contributed by atoms with van der Waals surface area (Å²) in [5, 5.41) is 11.5. The Morgan fingerprint density at radius 3 is 2.56 bits per heavy atom. The van der Waals surface area contributed by atoms with Crippen LogP contribution in [-0.4, -0.2) is 37.5 Å². The number of methoxy groups -OCH3 is 2. The maximum absolute atomic E-state index is 6.04. The smallest absolute Gasteiger partial charge is 0.161 e. The van der Waals surface area contributed by atoms with E-state index in [1.165, 1.54) is 5.56 Å². The summed E-state index contributed by atoms with van der Waals surface area (Å²) in [5.41, 5.74) is 1.32. The first kappa shape index (κ1) is 17.9. The largest absolute Gasteiger partial charge is 0.493 e. The summed E-state index contributed by atoms with van der Waals surface area (Å²) in [6, 6.07) is 12.1. The van der Waals surface area contributed by atoms with Crippen LogP contribution in [0, 0.1) is 0 Å². The molecule has 0 amide bonds. The first-order valence-electron chi connectivity index (χ1n) is 9.07. The van der Waals surface area contributed by atoms with Gasteiger partial charge in [-0.2, -0.15) is 5.10 Å². The minimum atomic E-state index is 0.452. The first-order chi connectivity index (χ1) is 13.2. The molecule has 0 saturated carbocycles. The summed E-state index contributed by atoms with van der Waals surface area (Å²) >= 11 is 6.04. The molecule has 0 aliphatic carbocycles. The molecule has 3 aromatic rings. The van der Waals surface area contributed by atoms with Crippen molar-refractivity contribution in [3.8, 4) is 11.5 Å². The van der Waals surface area contributed by atoms with Gasteiger partial charge in [0.1, 0.15) is 0 Å². The van der Waals surface area contributed by atoms with Crippen LogP contribution in [0.3, 0.4) is 0 Å². The summed E-state index contributed by atoms with van der Waals surface area (Å²) in [7, 11) is 3.29. The van der Waals surface area contributed by atoms with Crippen molar-refractivity contribution in [2.75, 3.05) is 32.2 Å². The molecule has 0 radical (unpaired) electrons. The van der Waals surface area contributed by atoms with Gasteiger partial charge in [0.2, 0.25) is 0 Å². The molecule has 1 aliphatic rings. The van der Waals surface area contributed by atoms with E-state index in [-0.39, 0.29) is 0 Å². The molecule has 1 aliphatic heterocycles. The highest BCUT2D eigenvalue weighted by atomic mass is 35.5. The normalized spacial score (nSPS) is 17.1. The zero-order chi connectivity index (χ0) is 18.8. The fourth-order valence-corrected chi connectivity index (χ4v) is 3.93. The van der Waals surface area contributed by atoms with Gasteiger partial charge in [-0.3, -0.25) is 0 Å². The van der Waals surface area contributed by atoms with E-state index in [1.807, 2.05) is 24.3 Å². The minimum absolute atomic E-state index is 0.452. The number of rotatable bonds is 4. The van der Waals surface area contributed by atoms with Gasteiger partial charge in [-0.05, 0) is 42.7 Å². The number of fused-ring (bicyclic) bond motifs is 1. The second-order valence-corrected chi connectivity index (χ2v) is 7.24. The first-order valence-corrected chi connectivity index (χ1v) is 9.45. The van der Waals surface area contributed by atoms with Crippen molar-refractivity contribution < 1.29 is 9.47 Å². The van der Waals surface area contributed by atoms with Crippen molar-refractivity contribution in [2.45, 2.75) is 18.8 Å². The number of hydrogen-bond acceptors (Lipinski definition) is 5. The molecule has 1 atom stereocenters. The molecule has 27 heavy (non-hydrogen) atoms. The molecular weight excluding hydrogens is 362 g/mol. The van der Waals surface area contributed by atoms with E-state index in [0.29, 0.717) is 17.4 Å². The van der Waals surface area contributed by atoms with Crippen LogP contribution in [0.25, 0.3) is 10.8 Å². The van der Waals surface area contributed by atoms with Gasteiger partial charge in [0, 0.05) is 34.8 Å². The zero-order valence-electron chi connectivity index (χ0n) is 15.5. The van der Waals surface area contributed by atoms with E-state index in [9.17, 15) is 0 Å². The lowest BCUT2D eigenvalue weighted by molar-refractivity contribution is 0.356. The Labute approximate surface area is 163 Å². The molecule has 2 aromatic carbocycles. The number of halogens is 1. The van der Waals surface area contributed by atoms with Crippen LogP contribution in [0.4, 0.5) is 5.82 Å². The number of piperidine rings is 1. The van der Waals surface area contributed by atoms with Gasteiger partial charge in [0.25, 0.3) is 0 Å². The monoisotopic (exact) mass is 383 g/mol. The summed E-state index contributed by atoms with van der Waals surface area (Å²) in [5.74, 6) is 2.74. The van der Waals surface area contributed by atoms with E-state index in [1.54, 1.807) is 20.4 Å². The topological polar surface area (TPSA) is 47.5 Å². The third-order valence-electron chi connectivity index (χ3n) is 5.21. The maximum atomic E-state index is 6.04. The molecule has 1 fully saturated rings. The quantitative estimate of drug-likeness (QED) is 0.654. The van der Waals surface area contributed by atoms with Gasteiger partial charge >= 0.3 is 0 Å². The second-order valence-electron chi connectivity index (χ2n) is 6.80. The van der Waals surface area contributed by atoms with Crippen LogP contribution in [-0.2, 0) is 0 Å². The third-order valence-corrected chi connectivity index (χ3v) is 5.46. The fraction of sp³-hybridized carbons (Fsp3) is 0.333. The zero-order valence-corrected chi connectivity index (χ0v) is 16.2. The van der Waals surface area contributed by atoms with Gasteiger partial charge in [0.15, 0.2) is 17.3 Å². The molecule has 0 N–H and O–H groups in total. The Kier molecular flexibility index (Phi) is 5.03. The van der Waals surface area contributed by atoms with Gasteiger partial charge < -0.3 is 14.4 Å². The highest BCUT2D eigenvalue weighted by Crippen LogP contribution is 2.37. The average molecular weight is 384 g/mol. The Bertz CT molecular complexity index is 946. The molecule has 1 saturated heterocycles. The van der Waals surface area contributed by atoms with Crippen LogP contribution in [0.15, 0.2) is 42.6 Å². The third kappa shape index (κ3) is 3.52. The molecule has 2 heterocycles. The number of hydrogen-bond donors (Lipinski definition) is 0. The lowest BCUT2D eigenvalue weighted by Gasteiger charge is -2.34. The van der Waals surface area contributed by atoms with Gasteiger partial charge in [-0.1, -0.05) is 23.7 Å². The Balaban J connectivity index is 1.69. The number of aromatic nitrogens is 2. The summed E-state index contributed by atoms with van der Waals surface area (Å²) in [6.45, 7) is 1.87. The Morgan fingerprint density at radius 1 is 1.07 bits per heavy atom. The molecule has 0 bridgehead atoms. The molecule has 4 rings (SSSR count). The van der Waals surface area contributed by atoms with Crippen LogP contribution in [0.5, 0.6) is 11.5 Å². The van der Waals surface area contributed by atoms with E-state index < -0.39 is 0 Å². The Hall–Kier alpha value is -2.53. The predicted octanol–water partition coefficient (Wildman–Crippen LogP) is 4.68. The standard InChI is InChI=1S/C21H22ClN3O2/c1-26-19-10-16-12-23-24-21(18(16)11-20(19)27-2)25-9-3-4-15(13-25)14-5-7-17(22)8-6-14/h5-8,10-12,15H,3-4,9,13H2,1-2H3. The number of anilines is 1. The van der Waals surface area contributed by atoms with Crippen molar-refractivity contribution >= 4 is 28.2 Å². The lowest BCUT2D eigenvalue weighted by Crippen LogP contribution is -2.35. The second kappa shape index (κ2) is 7.61. The molecule has 0 spiro atoms. The molecular formula is C21H22ClN3O2. The predicted molar refractivity (Wildman–Crippen MR) is 108 cm³/mol. The molecule has 6 heteroatoms. The van der Waals surface area contributed by atoms with Gasteiger partial charge in [0.05, 0.1) is 20.4 Å². The number of benzene rings is 2. The van der Waals surface area contributed by atoms with E-state index >= 15 is 0 Å².